The van der Waals surface area contributed by atoms with Gasteiger partial charge >= 0.3 is 6.03 Å². The molecule has 2 amide bonds. The normalized spacial score (nSPS) is 18.0. The molecule has 10 heteroatoms. The molecule has 1 unspecified atom stereocenters. The fourth-order valence-electron chi connectivity index (χ4n) is 3.02. The molecule has 2 N–H and O–H groups in total. The third kappa shape index (κ3) is 5.38. The smallest absolute Gasteiger partial charge is 0.345 e. The number of thioether (sulfide) groups is 1. The fraction of sp³-hybridized carbons (Fsp3) is 0.0833. The molecular formula is C24H22N6O3S. The van der Waals surface area contributed by atoms with Crippen LogP contribution in [0.3, 0.4) is 0 Å². The highest BCUT2D eigenvalue weighted by molar-refractivity contribution is 8.29. The van der Waals surface area contributed by atoms with Crippen molar-refractivity contribution in [3.63, 3.8) is 0 Å². The number of urea groups is 1. The van der Waals surface area contributed by atoms with E-state index in [2.05, 4.69) is 4.99 Å². The molecule has 0 saturated carbocycles. The van der Waals surface area contributed by atoms with E-state index < -0.39 is 11.3 Å². The lowest BCUT2D eigenvalue weighted by molar-refractivity contribution is -0.991. The second kappa shape index (κ2) is 10.4. The van der Waals surface area contributed by atoms with Crippen LogP contribution in [0.2, 0.25) is 0 Å². The number of aliphatic imine (C=N–C) groups is 3. The summed E-state index contributed by atoms with van der Waals surface area (Å²) in [6.45, 7) is 0. The Morgan fingerprint density at radius 1 is 0.912 bits per heavy atom. The third-order valence-electron chi connectivity index (χ3n) is 4.71. The van der Waals surface area contributed by atoms with Crippen LogP contribution in [-0.2, 0) is 0 Å². The number of para-hydroxylation sites is 2. The maximum absolute atomic E-state index is 12.5. The second-order valence-electron chi connectivity index (χ2n) is 7.38. The summed E-state index contributed by atoms with van der Waals surface area (Å²) in [5.74, 6) is 0.480. The maximum atomic E-state index is 12.5. The van der Waals surface area contributed by atoms with Gasteiger partial charge in [-0.25, -0.2) is 20.0 Å². The van der Waals surface area contributed by atoms with Gasteiger partial charge in [-0.1, -0.05) is 36.4 Å². The number of anilines is 1. The van der Waals surface area contributed by atoms with Crippen LogP contribution in [0.5, 0.6) is 0 Å². The molecule has 34 heavy (non-hydrogen) atoms. The third-order valence-corrected chi connectivity index (χ3v) is 5.63. The SMILES string of the molecule is CN(C)C(=O)/N=C1\SC(=Nc2ccccc2)C(=Nc2ccccc2)N1c1ccc([NH+]([O-])O)cc1. The van der Waals surface area contributed by atoms with Crippen molar-refractivity contribution in [2.75, 3.05) is 19.0 Å². The summed E-state index contributed by atoms with van der Waals surface area (Å²) in [4.78, 5) is 29.5. The van der Waals surface area contributed by atoms with Gasteiger partial charge in [0.25, 0.3) is 0 Å². The quantitative estimate of drug-likeness (QED) is 0.553. The molecule has 1 atom stereocenters. The van der Waals surface area contributed by atoms with Gasteiger partial charge in [0.1, 0.15) is 5.04 Å². The van der Waals surface area contributed by atoms with Gasteiger partial charge < -0.3 is 10.1 Å². The lowest BCUT2D eigenvalue weighted by atomic mass is 10.2. The molecule has 4 rings (SSSR count). The number of nitrogens with zero attached hydrogens (tertiary/aromatic N) is 5. The summed E-state index contributed by atoms with van der Waals surface area (Å²) in [5, 5.41) is 20.5. The number of quaternary nitrogens is 1. The van der Waals surface area contributed by atoms with Crippen molar-refractivity contribution in [1.29, 1.82) is 0 Å². The largest absolute Gasteiger partial charge is 0.595 e. The number of rotatable bonds is 4. The predicted octanol–water partition coefficient (Wildman–Crippen LogP) is 4.14. The summed E-state index contributed by atoms with van der Waals surface area (Å²) in [7, 11) is 3.24. The van der Waals surface area contributed by atoms with Crippen molar-refractivity contribution >= 4 is 56.6 Å². The van der Waals surface area contributed by atoms with Gasteiger partial charge in [-0.2, -0.15) is 10.2 Å². The number of benzene rings is 3. The fourth-order valence-corrected chi connectivity index (χ4v) is 3.98. The first-order chi connectivity index (χ1) is 16.4. The molecular weight excluding hydrogens is 452 g/mol. The van der Waals surface area contributed by atoms with Gasteiger partial charge in [0.15, 0.2) is 16.7 Å². The van der Waals surface area contributed by atoms with Crippen molar-refractivity contribution in [2.24, 2.45) is 15.0 Å². The summed E-state index contributed by atoms with van der Waals surface area (Å²) < 4.78 is 0. The second-order valence-corrected chi connectivity index (χ2v) is 8.34. The van der Waals surface area contributed by atoms with Crippen LogP contribution in [0.25, 0.3) is 0 Å². The number of nitrogens with one attached hydrogen (secondary N) is 1. The first kappa shape index (κ1) is 23.3. The maximum Gasteiger partial charge on any atom is 0.345 e. The van der Waals surface area contributed by atoms with Crippen molar-refractivity contribution in [2.45, 2.75) is 0 Å². The molecule has 1 fully saturated rings. The highest BCUT2D eigenvalue weighted by Gasteiger charge is 2.35. The molecule has 1 aliphatic heterocycles. The minimum atomic E-state index is -1.02. The summed E-state index contributed by atoms with van der Waals surface area (Å²) in [6.07, 6.45) is 0. The van der Waals surface area contributed by atoms with Gasteiger partial charge in [0, 0.05) is 26.2 Å². The van der Waals surface area contributed by atoms with Gasteiger partial charge in [-0.15, -0.1) is 0 Å². The lowest BCUT2D eigenvalue weighted by Gasteiger charge is -2.20. The number of amidine groups is 2. The molecule has 0 aliphatic carbocycles. The van der Waals surface area contributed by atoms with E-state index in [9.17, 15) is 15.2 Å². The average molecular weight is 475 g/mol. The summed E-state index contributed by atoms with van der Waals surface area (Å²) >= 11 is 1.22. The van der Waals surface area contributed by atoms with Crippen LogP contribution < -0.4 is 10.1 Å². The molecule has 3 aromatic carbocycles. The Labute approximate surface area is 200 Å². The number of hydrogen-bond donors (Lipinski definition) is 2. The minimum Gasteiger partial charge on any atom is -0.595 e. The molecule has 0 spiro atoms. The molecule has 0 bridgehead atoms. The van der Waals surface area contributed by atoms with Crippen molar-refractivity contribution in [1.82, 2.24) is 4.90 Å². The van der Waals surface area contributed by atoms with Gasteiger partial charge in [-0.3, -0.25) is 4.90 Å². The standard InChI is InChI=1S/C24H22N6O3S/c1-28(2)23(31)27-24-29(19-13-15-20(16-14-19)30(32)33)21(25-17-9-5-3-6-10-17)22(34-24)26-18-11-7-4-8-12-18/h3-16,30,32H,1-2H3/b25-21?,26-22?,27-24-. The monoisotopic (exact) mass is 474 g/mol. The van der Waals surface area contributed by atoms with Crippen molar-refractivity contribution in [3.8, 4) is 0 Å². The van der Waals surface area contributed by atoms with Gasteiger partial charge in [0.2, 0.25) is 0 Å². The molecule has 0 aromatic heterocycles. The van der Waals surface area contributed by atoms with Crippen LogP contribution >= 0.6 is 11.8 Å². The van der Waals surface area contributed by atoms with E-state index in [0.717, 1.165) is 5.69 Å². The zero-order chi connectivity index (χ0) is 24.1. The first-order valence-electron chi connectivity index (χ1n) is 10.3. The predicted molar refractivity (Wildman–Crippen MR) is 136 cm³/mol. The molecule has 9 nitrogen and oxygen atoms in total. The zero-order valence-corrected chi connectivity index (χ0v) is 19.3. The van der Waals surface area contributed by atoms with Crippen molar-refractivity contribution in [3.05, 3.63) is 90.1 Å². The van der Waals surface area contributed by atoms with Crippen LogP contribution in [-0.4, -0.2) is 46.3 Å². The van der Waals surface area contributed by atoms with Crippen LogP contribution in [0.4, 0.5) is 27.5 Å². The van der Waals surface area contributed by atoms with Gasteiger partial charge in [0.05, 0.1) is 17.1 Å². The molecule has 1 heterocycles. The van der Waals surface area contributed by atoms with E-state index in [1.807, 2.05) is 60.7 Å². The van der Waals surface area contributed by atoms with Gasteiger partial charge in [-0.05, 0) is 48.2 Å². The highest BCUT2D eigenvalue weighted by atomic mass is 32.2. The number of amides is 2. The Balaban J connectivity index is 1.89. The highest BCUT2D eigenvalue weighted by Crippen LogP contribution is 2.33. The Morgan fingerprint density at radius 3 is 2.00 bits per heavy atom. The van der Waals surface area contributed by atoms with Crippen LogP contribution in [0, 0.1) is 5.21 Å². The number of carbonyl (C=O) groups is 1. The molecule has 1 aliphatic rings. The van der Waals surface area contributed by atoms with Crippen molar-refractivity contribution < 1.29 is 15.2 Å². The molecule has 3 aromatic rings. The van der Waals surface area contributed by atoms with Crippen LogP contribution in [0.1, 0.15) is 0 Å². The number of carbonyl (C=O) groups excluding carboxylic acids is 1. The molecule has 0 radical (unpaired) electrons. The van der Waals surface area contributed by atoms with Crippen LogP contribution in [0.15, 0.2) is 99.9 Å². The Morgan fingerprint density at radius 2 is 1.47 bits per heavy atom. The first-order valence-corrected chi connectivity index (χ1v) is 11.1. The summed E-state index contributed by atoms with van der Waals surface area (Å²) in [6, 6.07) is 24.7. The van der Waals surface area contributed by atoms with E-state index in [-0.39, 0.29) is 5.69 Å². The Bertz CT molecular complexity index is 1240. The topological polar surface area (TPSA) is 108 Å². The summed E-state index contributed by atoms with van der Waals surface area (Å²) in [5.41, 5.74) is 2.19. The zero-order valence-electron chi connectivity index (χ0n) is 18.5. The van der Waals surface area contributed by atoms with E-state index in [4.69, 9.17) is 9.98 Å². The van der Waals surface area contributed by atoms with E-state index in [1.54, 1.807) is 31.1 Å². The average Bonchev–Trinajstić information content (AvgIpc) is 3.16. The van der Waals surface area contributed by atoms with E-state index in [0.29, 0.717) is 27.4 Å². The molecule has 1 saturated heterocycles. The Kier molecular flexibility index (Phi) is 7.14. The van der Waals surface area contributed by atoms with E-state index >= 15 is 0 Å². The minimum absolute atomic E-state index is 0.151. The molecule has 172 valence electrons. The Hall–Kier alpha value is -3.83. The number of hydrogen-bond acceptors (Lipinski definition) is 6. The van der Waals surface area contributed by atoms with E-state index in [1.165, 1.54) is 28.8 Å². The lowest BCUT2D eigenvalue weighted by Crippen LogP contribution is -2.99.